The van der Waals surface area contributed by atoms with Gasteiger partial charge in [0, 0.05) is 37.1 Å². The Kier molecular flexibility index (Phi) is 6.73. The number of nitrogens with zero attached hydrogens (tertiary/aromatic N) is 3. The summed E-state index contributed by atoms with van der Waals surface area (Å²) < 4.78 is 33.2. The quantitative estimate of drug-likeness (QED) is 0.630. The van der Waals surface area contributed by atoms with Crippen molar-refractivity contribution in [3.63, 3.8) is 0 Å². The number of benzene rings is 2. The number of rotatable bonds is 5. The second-order valence-corrected chi connectivity index (χ2v) is 10.4. The van der Waals surface area contributed by atoms with E-state index in [1.165, 1.54) is 28.6 Å². The number of carbonyl (C=O) groups is 2. The van der Waals surface area contributed by atoms with Gasteiger partial charge < -0.3 is 9.64 Å². The van der Waals surface area contributed by atoms with E-state index in [0.29, 0.717) is 17.1 Å². The topological polar surface area (TPSA) is 99.3 Å². The molecule has 1 fully saturated rings. The second kappa shape index (κ2) is 9.54. The molecule has 0 aliphatic carbocycles. The van der Waals surface area contributed by atoms with E-state index in [1.807, 2.05) is 12.1 Å². The average molecular weight is 535 g/mol. The zero-order valence-corrected chi connectivity index (χ0v) is 20.3. The first-order valence-electron chi connectivity index (χ1n) is 10.3. The molecular weight excluding hydrogens is 512 g/mol. The molecule has 0 aromatic heterocycles. The van der Waals surface area contributed by atoms with Gasteiger partial charge in [0.2, 0.25) is 15.9 Å². The second-order valence-electron chi connectivity index (χ2n) is 7.51. The van der Waals surface area contributed by atoms with Gasteiger partial charge in [0.1, 0.15) is 11.4 Å². The number of methoxy groups -OCH3 is 1. The van der Waals surface area contributed by atoms with Crippen LogP contribution in [0.1, 0.15) is 6.42 Å². The molecule has 33 heavy (non-hydrogen) atoms. The molecule has 0 saturated carbocycles. The Labute approximate surface area is 200 Å². The summed E-state index contributed by atoms with van der Waals surface area (Å²) in [6, 6.07) is 13.4. The zero-order chi connectivity index (χ0) is 23.6. The lowest BCUT2D eigenvalue weighted by molar-refractivity contribution is -0.129. The standard InChI is InChI=1S/C22H23BrN4O5S/c1-32-18-6-8-19(9-7-18)33(30,31)26-14-12-25(13-15-26)22(29)20-10-11-21(28)27(24-20)17-4-2-16(23)3-5-17/h2-10,24H,11-15H2,1H3. The van der Waals surface area contributed by atoms with Crippen LogP contribution in [0.15, 0.2) is 69.7 Å². The third kappa shape index (κ3) is 4.90. The van der Waals surface area contributed by atoms with E-state index in [4.69, 9.17) is 4.74 Å². The van der Waals surface area contributed by atoms with Crippen molar-refractivity contribution in [2.75, 3.05) is 38.3 Å². The average Bonchev–Trinajstić information content (AvgIpc) is 2.84. The number of anilines is 1. The van der Waals surface area contributed by atoms with Crippen LogP contribution in [-0.2, 0) is 19.6 Å². The number of ether oxygens (including phenoxy) is 1. The van der Waals surface area contributed by atoms with Crippen molar-refractivity contribution in [3.8, 4) is 5.75 Å². The number of piperazine rings is 1. The van der Waals surface area contributed by atoms with Crippen molar-refractivity contribution in [1.82, 2.24) is 14.6 Å². The van der Waals surface area contributed by atoms with E-state index in [1.54, 1.807) is 35.2 Å². The fourth-order valence-corrected chi connectivity index (χ4v) is 5.33. The van der Waals surface area contributed by atoms with E-state index >= 15 is 0 Å². The molecule has 2 aliphatic rings. The van der Waals surface area contributed by atoms with Crippen molar-refractivity contribution >= 4 is 43.5 Å². The van der Waals surface area contributed by atoms with Gasteiger partial charge in [0.15, 0.2) is 0 Å². The van der Waals surface area contributed by atoms with Crippen molar-refractivity contribution in [2.45, 2.75) is 11.3 Å². The molecule has 1 saturated heterocycles. The van der Waals surface area contributed by atoms with Crippen molar-refractivity contribution in [1.29, 1.82) is 0 Å². The van der Waals surface area contributed by atoms with Crippen LogP contribution < -0.4 is 15.2 Å². The molecule has 0 spiro atoms. The smallest absolute Gasteiger partial charge is 0.271 e. The predicted octanol–water partition coefficient (Wildman–Crippen LogP) is 2.12. The number of hydrogen-bond acceptors (Lipinski definition) is 6. The van der Waals surface area contributed by atoms with Crippen molar-refractivity contribution < 1.29 is 22.7 Å². The molecule has 2 aliphatic heterocycles. The predicted molar refractivity (Wildman–Crippen MR) is 126 cm³/mol. The molecule has 0 bridgehead atoms. The summed E-state index contributed by atoms with van der Waals surface area (Å²) in [4.78, 5) is 27.2. The summed E-state index contributed by atoms with van der Waals surface area (Å²) in [5, 5.41) is 1.35. The number of halogens is 1. The van der Waals surface area contributed by atoms with Gasteiger partial charge >= 0.3 is 0 Å². The molecule has 0 radical (unpaired) electrons. The molecular formula is C22H23BrN4O5S. The van der Waals surface area contributed by atoms with Crippen LogP contribution in [0.25, 0.3) is 0 Å². The summed E-state index contributed by atoms with van der Waals surface area (Å²) in [6.45, 7) is 0.865. The van der Waals surface area contributed by atoms with Gasteiger partial charge in [-0.15, -0.1) is 0 Å². The third-order valence-corrected chi connectivity index (χ3v) is 7.94. The summed E-state index contributed by atoms with van der Waals surface area (Å²) in [5.41, 5.74) is 3.83. The number of amides is 2. The zero-order valence-electron chi connectivity index (χ0n) is 17.9. The van der Waals surface area contributed by atoms with Gasteiger partial charge in [-0.05, 0) is 54.6 Å². The van der Waals surface area contributed by atoms with Gasteiger partial charge in [-0.3, -0.25) is 15.0 Å². The van der Waals surface area contributed by atoms with Crippen LogP contribution in [-0.4, -0.2) is 62.7 Å². The Hall–Kier alpha value is -2.89. The Morgan fingerprint density at radius 1 is 1.00 bits per heavy atom. The van der Waals surface area contributed by atoms with E-state index in [-0.39, 0.29) is 49.3 Å². The number of carbonyl (C=O) groups excluding carboxylic acids is 2. The molecule has 2 aromatic rings. The molecule has 11 heteroatoms. The SMILES string of the molecule is COc1ccc(S(=O)(=O)N2CCN(C(=O)C3=CCC(=O)N(c4ccc(Br)cc4)N3)CC2)cc1. The summed E-state index contributed by atoms with van der Waals surface area (Å²) in [7, 11) is -2.15. The van der Waals surface area contributed by atoms with E-state index in [2.05, 4.69) is 21.4 Å². The molecule has 2 heterocycles. The van der Waals surface area contributed by atoms with Gasteiger partial charge in [0.25, 0.3) is 5.91 Å². The lowest BCUT2D eigenvalue weighted by atomic mass is 10.2. The summed E-state index contributed by atoms with van der Waals surface area (Å²) >= 11 is 3.36. The molecule has 2 aromatic carbocycles. The molecule has 1 N–H and O–H groups in total. The molecule has 0 unspecified atom stereocenters. The first kappa shape index (κ1) is 23.3. The number of hydrazine groups is 1. The Morgan fingerprint density at radius 3 is 2.24 bits per heavy atom. The highest BCUT2D eigenvalue weighted by atomic mass is 79.9. The van der Waals surface area contributed by atoms with E-state index in [9.17, 15) is 18.0 Å². The first-order chi connectivity index (χ1) is 15.8. The highest BCUT2D eigenvalue weighted by Gasteiger charge is 2.33. The van der Waals surface area contributed by atoms with Gasteiger partial charge in [0.05, 0.1) is 17.7 Å². The monoisotopic (exact) mass is 534 g/mol. The fraction of sp³-hybridized carbons (Fsp3) is 0.273. The third-order valence-electron chi connectivity index (χ3n) is 5.50. The van der Waals surface area contributed by atoms with Crippen molar-refractivity contribution in [3.05, 3.63) is 64.8 Å². The van der Waals surface area contributed by atoms with Gasteiger partial charge in [-0.1, -0.05) is 15.9 Å². The summed E-state index contributed by atoms with van der Waals surface area (Å²) in [6.07, 6.45) is 1.66. The first-order valence-corrected chi connectivity index (χ1v) is 12.5. The Bertz CT molecular complexity index is 1170. The molecule has 174 valence electrons. The molecule has 4 rings (SSSR count). The number of nitrogens with one attached hydrogen (secondary N) is 1. The van der Waals surface area contributed by atoms with Crippen LogP contribution in [0.2, 0.25) is 0 Å². The van der Waals surface area contributed by atoms with Crippen LogP contribution >= 0.6 is 15.9 Å². The largest absolute Gasteiger partial charge is 0.497 e. The maximum atomic E-state index is 13.1. The van der Waals surface area contributed by atoms with Crippen LogP contribution in [0.4, 0.5) is 5.69 Å². The van der Waals surface area contributed by atoms with Crippen LogP contribution in [0.3, 0.4) is 0 Å². The van der Waals surface area contributed by atoms with Gasteiger partial charge in [-0.25, -0.2) is 13.4 Å². The molecule has 0 atom stereocenters. The Balaban J connectivity index is 1.40. The molecule has 2 amide bonds. The maximum Gasteiger partial charge on any atom is 0.271 e. The van der Waals surface area contributed by atoms with E-state index in [0.717, 1.165) is 4.47 Å². The lowest BCUT2D eigenvalue weighted by Crippen LogP contribution is -2.54. The maximum absolute atomic E-state index is 13.1. The van der Waals surface area contributed by atoms with E-state index < -0.39 is 10.0 Å². The minimum absolute atomic E-state index is 0.0932. The highest BCUT2D eigenvalue weighted by Crippen LogP contribution is 2.23. The van der Waals surface area contributed by atoms with Crippen LogP contribution in [0.5, 0.6) is 5.75 Å². The van der Waals surface area contributed by atoms with Crippen molar-refractivity contribution in [2.24, 2.45) is 0 Å². The highest BCUT2D eigenvalue weighted by molar-refractivity contribution is 9.10. The number of sulfonamides is 1. The number of hydrogen-bond donors (Lipinski definition) is 1. The molecule has 9 nitrogen and oxygen atoms in total. The lowest BCUT2D eigenvalue weighted by Gasteiger charge is -2.36. The summed E-state index contributed by atoms with van der Waals surface area (Å²) in [5.74, 6) is 0.128. The van der Waals surface area contributed by atoms with Gasteiger partial charge in [-0.2, -0.15) is 4.31 Å². The van der Waals surface area contributed by atoms with Crippen LogP contribution in [0, 0.1) is 0 Å². The minimum Gasteiger partial charge on any atom is -0.497 e. The fourth-order valence-electron chi connectivity index (χ4n) is 3.64. The Morgan fingerprint density at radius 2 is 1.64 bits per heavy atom. The normalized spacial score (nSPS) is 17.4. The minimum atomic E-state index is -3.66.